The van der Waals surface area contributed by atoms with Crippen molar-refractivity contribution in [1.29, 1.82) is 0 Å². The van der Waals surface area contributed by atoms with Crippen LogP contribution in [0.25, 0.3) is 11.0 Å². The third-order valence-corrected chi connectivity index (χ3v) is 1.80. The molecule has 0 bridgehead atoms. The fraction of sp³-hybridized carbons (Fsp3) is 0.111. The molecule has 1 N–H and O–H groups in total. The van der Waals surface area contributed by atoms with E-state index >= 15 is 0 Å². The van der Waals surface area contributed by atoms with Crippen molar-refractivity contribution < 1.29 is 0 Å². The molecule has 60 valence electrons. The Hall–Kier alpha value is -1.64. The maximum absolute atomic E-state index is 11.1. The quantitative estimate of drug-likeness (QED) is 0.630. The van der Waals surface area contributed by atoms with E-state index in [1.165, 1.54) is 0 Å². The average molecular weight is 160 g/mol. The zero-order valence-corrected chi connectivity index (χ0v) is 6.66. The number of fused-ring (bicyclic) bond motifs is 1. The number of hydrogen-bond donors (Lipinski definition) is 1. The van der Waals surface area contributed by atoms with Crippen LogP contribution in [0.15, 0.2) is 29.2 Å². The fourth-order valence-electron chi connectivity index (χ4n) is 1.14. The van der Waals surface area contributed by atoms with Crippen LogP contribution in [0.5, 0.6) is 0 Å². The molecule has 0 saturated heterocycles. The molecular formula is C9H8N2O. The van der Waals surface area contributed by atoms with Crippen molar-refractivity contribution >= 4 is 11.0 Å². The summed E-state index contributed by atoms with van der Waals surface area (Å²) in [5.74, 6) is 0. The summed E-state index contributed by atoms with van der Waals surface area (Å²) in [4.78, 5) is 17.9. The first-order chi connectivity index (χ1) is 5.77. The Labute approximate surface area is 69.1 Å². The number of H-pyrrole nitrogens is 1. The van der Waals surface area contributed by atoms with Gasteiger partial charge in [0.1, 0.15) is 5.65 Å². The summed E-state index contributed by atoms with van der Waals surface area (Å²) < 4.78 is 0. The van der Waals surface area contributed by atoms with E-state index in [1.807, 2.05) is 18.2 Å². The second-order valence-corrected chi connectivity index (χ2v) is 2.72. The van der Waals surface area contributed by atoms with E-state index in [2.05, 4.69) is 9.97 Å². The Bertz CT molecular complexity index is 473. The largest absolute Gasteiger partial charge is 0.306 e. The molecule has 2 heterocycles. The Kier molecular flexibility index (Phi) is 1.43. The first-order valence-corrected chi connectivity index (χ1v) is 3.72. The normalized spacial score (nSPS) is 10.4. The van der Waals surface area contributed by atoms with Crippen LogP contribution in [0.2, 0.25) is 0 Å². The summed E-state index contributed by atoms with van der Waals surface area (Å²) in [5.41, 5.74) is 1.30. The second-order valence-electron chi connectivity index (χ2n) is 2.72. The van der Waals surface area contributed by atoms with E-state index in [0.717, 1.165) is 10.9 Å². The summed E-state index contributed by atoms with van der Waals surface area (Å²) >= 11 is 0. The molecule has 0 saturated carbocycles. The van der Waals surface area contributed by atoms with Gasteiger partial charge in [0.25, 0.3) is 5.56 Å². The van der Waals surface area contributed by atoms with E-state index in [0.29, 0.717) is 5.65 Å². The molecule has 0 unspecified atom stereocenters. The minimum Gasteiger partial charge on any atom is -0.306 e. The van der Waals surface area contributed by atoms with E-state index in [9.17, 15) is 4.79 Å². The molecule has 3 heteroatoms. The van der Waals surface area contributed by atoms with Gasteiger partial charge in [0.15, 0.2) is 0 Å². The lowest BCUT2D eigenvalue weighted by atomic mass is 10.2. The van der Waals surface area contributed by atoms with Crippen LogP contribution >= 0.6 is 0 Å². The number of aromatic nitrogens is 2. The third kappa shape index (κ3) is 0.993. The van der Waals surface area contributed by atoms with Gasteiger partial charge in [-0.15, -0.1) is 0 Å². The van der Waals surface area contributed by atoms with Gasteiger partial charge in [0.2, 0.25) is 0 Å². The molecule has 0 atom stereocenters. The van der Waals surface area contributed by atoms with E-state index in [1.54, 1.807) is 13.1 Å². The minimum absolute atomic E-state index is 0.0683. The zero-order valence-electron chi connectivity index (χ0n) is 6.66. The highest BCUT2D eigenvalue weighted by atomic mass is 16.1. The van der Waals surface area contributed by atoms with Crippen LogP contribution in [-0.2, 0) is 0 Å². The molecule has 2 aromatic heterocycles. The second kappa shape index (κ2) is 2.44. The van der Waals surface area contributed by atoms with Crippen LogP contribution in [0.4, 0.5) is 0 Å². The highest BCUT2D eigenvalue weighted by Gasteiger charge is 1.96. The molecular weight excluding hydrogens is 152 g/mol. The lowest BCUT2D eigenvalue weighted by Gasteiger charge is -1.96. The molecule has 0 amide bonds. The Morgan fingerprint density at radius 3 is 3.17 bits per heavy atom. The van der Waals surface area contributed by atoms with Gasteiger partial charge in [-0.25, -0.2) is 4.98 Å². The Balaban J connectivity index is 2.93. The van der Waals surface area contributed by atoms with Gasteiger partial charge in [0, 0.05) is 17.1 Å². The van der Waals surface area contributed by atoms with Gasteiger partial charge in [-0.1, -0.05) is 0 Å². The molecule has 0 radical (unpaired) electrons. The Morgan fingerprint density at radius 2 is 2.33 bits per heavy atom. The van der Waals surface area contributed by atoms with Gasteiger partial charge in [0.05, 0.1) is 0 Å². The number of aromatic amines is 1. The number of nitrogens with zero attached hydrogens (tertiary/aromatic N) is 1. The lowest BCUT2D eigenvalue weighted by Crippen LogP contribution is -2.08. The molecule has 2 aromatic rings. The molecule has 0 aromatic carbocycles. The molecule has 0 aliphatic carbocycles. The monoisotopic (exact) mass is 160 g/mol. The first-order valence-electron chi connectivity index (χ1n) is 3.72. The predicted molar refractivity (Wildman–Crippen MR) is 47.1 cm³/mol. The fourth-order valence-corrected chi connectivity index (χ4v) is 1.14. The van der Waals surface area contributed by atoms with Crippen molar-refractivity contribution in [2.45, 2.75) is 6.92 Å². The van der Waals surface area contributed by atoms with E-state index in [4.69, 9.17) is 0 Å². The SMILES string of the molecule is Cc1cc2cccnc2[nH]c1=O. The van der Waals surface area contributed by atoms with Crippen LogP contribution in [0, 0.1) is 6.92 Å². The van der Waals surface area contributed by atoms with Crippen molar-refractivity contribution in [3.8, 4) is 0 Å². The molecule has 0 aliphatic rings. The molecule has 0 aliphatic heterocycles. The van der Waals surface area contributed by atoms with Gasteiger partial charge in [-0.2, -0.15) is 0 Å². The average Bonchev–Trinajstić information content (AvgIpc) is 2.07. The lowest BCUT2D eigenvalue weighted by molar-refractivity contribution is 1.19. The van der Waals surface area contributed by atoms with Crippen LogP contribution in [0.1, 0.15) is 5.56 Å². The third-order valence-electron chi connectivity index (χ3n) is 1.80. The highest BCUT2D eigenvalue weighted by molar-refractivity contribution is 5.74. The van der Waals surface area contributed by atoms with Gasteiger partial charge < -0.3 is 4.98 Å². The number of pyridine rings is 2. The molecule has 12 heavy (non-hydrogen) atoms. The number of rotatable bonds is 0. The van der Waals surface area contributed by atoms with Crippen molar-refractivity contribution in [3.05, 3.63) is 40.3 Å². The minimum atomic E-state index is -0.0683. The topological polar surface area (TPSA) is 45.8 Å². The number of hydrogen-bond acceptors (Lipinski definition) is 2. The van der Waals surface area contributed by atoms with Crippen LogP contribution in [-0.4, -0.2) is 9.97 Å². The van der Waals surface area contributed by atoms with Gasteiger partial charge in [-0.05, 0) is 25.1 Å². The summed E-state index contributed by atoms with van der Waals surface area (Å²) in [7, 11) is 0. The smallest absolute Gasteiger partial charge is 0.252 e. The van der Waals surface area contributed by atoms with Crippen LogP contribution < -0.4 is 5.56 Å². The maximum Gasteiger partial charge on any atom is 0.252 e. The van der Waals surface area contributed by atoms with Crippen molar-refractivity contribution in [3.63, 3.8) is 0 Å². The van der Waals surface area contributed by atoms with E-state index < -0.39 is 0 Å². The summed E-state index contributed by atoms with van der Waals surface area (Å²) in [6.45, 7) is 1.78. The Morgan fingerprint density at radius 1 is 1.50 bits per heavy atom. The first kappa shape index (κ1) is 7.03. The van der Waals surface area contributed by atoms with Crippen LogP contribution in [0.3, 0.4) is 0 Å². The highest BCUT2D eigenvalue weighted by Crippen LogP contribution is 2.05. The van der Waals surface area contributed by atoms with Crippen molar-refractivity contribution in [2.75, 3.05) is 0 Å². The molecule has 0 spiro atoms. The van der Waals surface area contributed by atoms with Crippen molar-refractivity contribution in [2.24, 2.45) is 0 Å². The molecule has 0 fully saturated rings. The van der Waals surface area contributed by atoms with E-state index in [-0.39, 0.29) is 5.56 Å². The standard InChI is InChI=1S/C9H8N2O/c1-6-5-7-3-2-4-10-8(7)11-9(6)12/h2-5H,1H3,(H,10,11,12). The molecule has 2 rings (SSSR count). The van der Waals surface area contributed by atoms with Gasteiger partial charge >= 0.3 is 0 Å². The van der Waals surface area contributed by atoms with Gasteiger partial charge in [-0.3, -0.25) is 4.79 Å². The molecule has 3 nitrogen and oxygen atoms in total. The zero-order chi connectivity index (χ0) is 8.55. The number of nitrogens with one attached hydrogen (secondary N) is 1. The summed E-state index contributed by atoms with van der Waals surface area (Å²) in [6, 6.07) is 5.60. The summed E-state index contributed by atoms with van der Waals surface area (Å²) in [6.07, 6.45) is 1.66. The number of aryl methyl sites for hydroxylation is 1. The maximum atomic E-state index is 11.1. The van der Waals surface area contributed by atoms with Crippen molar-refractivity contribution in [1.82, 2.24) is 9.97 Å². The predicted octanol–water partition coefficient (Wildman–Crippen LogP) is 1.23. The summed E-state index contributed by atoms with van der Waals surface area (Å²) in [5, 5.41) is 0.967.